The van der Waals surface area contributed by atoms with Crippen LogP contribution in [0.3, 0.4) is 0 Å². The quantitative estimate of drug-likeness (QED) is 0.0906. The van der Waals surface area contributed by atoms with E-state index in [1.165, 1.54) is 33.3 Å². The number of Topliss-reactive ketones (excluding diaryl/α,β-unsaturated/α-hetero) is 1. The molecule has 1 aliphatic heterocycles. The summed E-state index contributed by atoms with van der Waals surface area (Å²) in [5, 5.41) is 28.4. The molecular weight excluding hydrogens is 859 g/mol. The standard InChI is InChI=1S/C49H65NO16/c1-28-32(63-43(55)37(52)36(30-17-13-11-14-18-30)50-44(56)66-45(3,4)5)26-49(57)41(64-42(54)31-19-15-12-16-20-31)39-47(8,40(53)38(61-24-22-59-10)35(28)46(49,6)7)33(60-23-21-58-9)25-34-48(39,27-62-34)65-29(2)51/h11-20,32-34,36-39,41,52,57H,21-27H2,1-10H3,(H,50,56)/t32-,33-,34+,36-,37+,38+,39-,41-,47+,48-,49+/m0/s1. The summed E-state index contributed by atoms with van der Waals surface area (Å²) in [6.45, 7) is 12.8. The number of ketones is 1. The Morgan fingerprint density at radius 1 is 0.894 bits per heavy atom. The summed E-state index contributed by atoms with van der Waals surface area (Å²) in [7, 11) is 2.98. The van der Waals surface area contributed by atoms with E-state index < -0.39 is 112 Å². The maximum Gasteiger partial charge on any atom is 0.408 e. The highest BCUT2D eigenvalue weighted by Crippen LogP contribution is 2.65. The molecule has 2 saturated carbocycles. The molecule has 17 nitrogen and oxygen atoms in total. The van der Waals surface area contributed by atoms with Crippen LogP contribution < -0.4 is 5.32 Å². The van der Waals surface area contributed by atoms with Gasteiger partial charge in [0.05, 0.1) is 62.1 Å². The number of ether oxygens (including phenoxy) is 9. The van der Waals surface area contributed by atoms with Crippen LogP contribution >= 0.6 is 0 Å². The smallest absolute Gasteiger partial charge is 0.408 e. The summed E-state index contributed by atoms with van der Waals surface area (Å²) in [5.74, 6) is -4.69. The Morgan fingerprint density at radius 3 is 2.06 bits per heavy atom. The maximum atomic E-state index is 16.1. The van der Waals surface area contributed by atoms with Crippen molar-refractivity contribution in [3.63, 3.8) is 0 Å². The van der Waals surface area contributed by atoms with Crippen LogP contribution in [0, 0.1) is 16.7 Å². The molecule has 0 unspecified atom stereocenters. The molecule has 2 aromatic carbocycles. The lowest BCUT2D eigenvalue weighted by molar-refractivity contribution is -0.349. The first-order valence-electron chi connectivity index (χ1n) is 22.3. The second-order valence-electron chi connectivity index (χ2n) is 19.3. The normalized spacial score (nSPS) is 31.1. The van der Waals surface area contributed by atoms with Crippen molar-refractivity contribution in [1.82, 2.24) is 5.32 Å². The Kier molecular flexibility index (Phi) is 15.2. The number of alkyl carbamates (subject to hydrolysis) is 1. The number of rotatable bonds is 16. The molecule has 3 aliphatic carbocycles. The Bertz CT molecular complexity index is 2120. The average molecular weight is 924 g/mol. The minimum absolute atomic E-state index is 0.0400. The van der Waals surface area contributed by atoms with Gasteiger partial charge in [-0.3, -0.25) is 9.59 Å². The molecule has 6 rings (SSSR count). The first-order valence-corrected chi connectivity index (χ1v) is 22.3. The molecule has 0 radical (unpaired) electrons. The summed E-state index contributed by atoms with van der Waals surface area (Å²) in [5.41, 5.74) is -7.13. The summed E-state index contributed by atoms with van der Waals surface area (Å²) in [4.78, 5) is 71.4. The molecule has 4 aliphatic rings. The van der Waals surface area contributed by atoms with Crippen molar-refractivity contribution in [2.45, 2.75) is 128 Å². The van der Waals surface area contributed by atoms with Crippen LogP contribution in [0.5, 0.6) is 0 Å². The summed E-state index contributed by atoms with van der Waals surface area (Å²) in [6.07, 6.45) is -9.79. The van der Waals surface area contributed by atoms with Crippen LogP contribution in [0.15, 0.2) is 71.8 Å². The molecule has 0 spiro atoms. The number of hydrogen-bond donors (Lipinski definition) is 3. The van der Waals surface area contributed by atoms with E-state index in [4.69, 9.17) is 42.6 Å². The van der Waals surface area contributed by atoms with E-state index in [1.807, 2.05) is 0 Å². The van der Waals surface area contributed by atoms with Crippen LogP contribution in [0.25, 0.3) is 0 Å². The van der Waals surface area contributed by atoms with Crippen molar-refractivity contribution in [1.29, 1.82) is 0 Å². The predicted molar refractivity (Wildman–Crippen MR) is 235 cm³/mol. The zero-order valence-corrected chi connectivity index (χ0v) is 39.5. The third-order valence-electron chi connectivity index (χ3n) is 13.7. The number of carbonyl (C=O) groups is 5. The molecule has 1 saturated heterocycles. The highest BCUT2D eigenvalue weighted by molar-refractivity contribution is 5.94. The Labute approximate surface area is 385 Å². The molecule has 1 heterocycles. The van der Waals surface area contributed by atoms with Gasteiger partial charge in [-0.15, -0.1) is 0 Å². The number of amides is 1. The second-order valence-corrected chi connectivity index (χ2v) is 19.3. The van der Waals surface area contributed by atoms with E-state index in [9.17, 15) is 29.4 Å². The van der Waals surface area contributed by atoms with Crippen LogP contribution in [-0.4, -0.2) is 141 Å². The molecule has 2 bridgehead atoms. The van der Waals surface area contributed by atoms with Crippen molar-refractivity contribution < 1.29 is 76.8 Å². The third kappa shape index (κ3) is 9.53. The molecular formula is C49H65NO16. The molecule has 3 N–H and O–H groups in total. The van der Waals surface area contributed by atoms with E-state index in [2.05, 4.69) is 5.32 Å². The first-order chi connectivity index (χ1) is 31.1. The second kappa shape index (κ2) is 19.8. The average Bonchev–Trinajstić information content (AvgIpc) is 3.25. The zero-order valence-electron chi connectivity index (χ0n) is 39.5. The molecule has 17 heteroatoms. The van der Waals surface area contributed by atoms with E-state index in [1.54, 1.807) is 97.0 Å². The highest BCUT2D eigenvalue weighted by atomic mass is 16.6. The van der Waals surface area contributed by atoms with Crippen molar-refractivity contribution in [3.8, 4) is 0 Å². The number of nitrogens with one attached hydrogen (secondary N) is 1. The summed E-state index contributed by atoms with van der Waals surface area (Å²) in [6, 6.07) is 15.0. The van der Waals surface area contributed by atoms with Crippen LogP contribution in [0.1, 0.15) is 90.2 Å². The predicted octanol–water partition coefficient (Wildman–Crippen LogP) is 4.60. The third-order valence-corrected chi connectivity index (χ3v) is 13.7. The van der Waals surface area contributed by atoms with Crippen molar-refractivity contribution >= 4 is 29.8 Å². The zero-order chi connectivity index (χ0) is 48.4. The monoisotopic (exact) mass is 923 g/mol. The molecule has 1 amide bonds. The van der Waals surface area contributed by atoms with Crippen molar-refractivity contribution in [2.24, 2.45) is 16.7 Å². The Hall–Kier alpha value is -4.75. The minimum Gasteiger partial charge on any atom is -0.456 e. The van der Waals surface area contributed by atoms with Crippen LogP contribution in [-0.2, 0) is 57.0 Å². The number of benzene rings is 2. The minimum atomic E-state index is -2.28. The number of methoxy groups -OCH3 is 2. The van der Waals surface area contributed by atoms with Gasteiger partial charge in [-0.1, -0.05) is 62.4 Å². The number of aliphatic hydroxyl groups is 2. The topological polar surface area (TPSA) is 221 Å². The van der Waals surface area contributed by atoms with Crippen LogP contribution in [0.2, 0.25) is 0 Å². The number of hydrogen-bond acceptors (Lipinski definition) is 16. The number of carbonyl (C=O) groups excluding carboxylic acids is 5. The summed E-state index contributed by atoms with van der Waals surface area (Å²) >= 11 is 0. The van der Waals surface area contributed by atoms with Gasteiger partial charge in [-0.05, 0) is 63.5 Å². The van der Waals surface area contributed by atoms with Gasteiger partial charge in [0.2, 0.25) is 0 Å². The van der Waals surface area contributed by atoms with E-state index in [0.717, 1.165) is 0 Å². The lowest BCUT2D eigenvalue weighted by Gasteiger charge is -2.68. The van der Waals surface area contributed by atoms with Gasteiger partial charge >= 0.3 is 24.0 Å². The molecule has 11 atom stereocenters. The van der Waals surface area contributed by atoms with E-state index >= 15 is 4.79 Å². The van der Waals surface area contributed by atoms with Gasteiger partial charge < -0.3 is 58.2 Å². The number of aliphatic hydroxyl groups excluding tert-OH is 1. The van der Waals surface area contributed by atoms with Gasteiger partial charge in [0.1, 0.15) is 35.6 Å². The fraction of sp³-hybridized carbons (Fsp3) is 0.612. The van der Waals surface area contributed by atoms with Gasteiger partial charge in [0.15, 0.2) is 17.5 Å². The number of fused-ring (bicyclic) bond motifs is 5. The molecule has 0 aromatic heterocycles. The largest absolute Gasteiger partial charge is 0.456 e. The van der Waals surface area contributed by atoms with Crippen LogP contribution in [0.4, 0.5) is 4.79 Å². The van der Waals surface area contributed by atoms with Gasteiger partial charge in [-0.2, -0.15) is 0 Å². The van der Waals surface area contributed by atoms with Gasteiger partial charge in [0.25, 0.3) is 0 Å². The molecule has 362 valence electrons. The van der Waals surface area contributed by atoms with Gasteiger partial charge in [-0.25, -0.2) is 14.4 Å². The van der Waals surface area contributed by atoms with E-state index in [-0.39, 0.29) is 50.6 Å². The first kappa shape index (κ1) is 50.7. The molecule has 2 aromatic rings. The molecule has 66 heavy (non-hydrogen) atoms. The summed E-state index contributed by atoms with van der Waals surface area (Å²) < 4.78 is 54.4. The van der Waals surface area contributed by atoms with Crippen molar-refractivity contribution in [2.75, 3.05) is 47.3 Å². The fourth-order valence-corrected chi connectivity index (χ4v) is 10.4. The molecule has 3 fully saturated rings. The lowest BCUT2D eigenvalue weighted by atomic mass is 9.44. The van der Waals surface area contributed by atoms with E-state index in [0.29, 0.717) is 11.1 Å². The SMILES string of the molecule is COCCO[C@H]1C(=O)[C@]2(C)[C@@H](OCCOC)C[C@H]3OC[C@@]3(OC(C)=O)[C@H]2[C@H](OC(=O)c2ccccc2)[C@]2(O)C[C@H](OC(=O)[C@H](O)[C@@H](NC(=O)OC(C)(C)C)c3ccccc3)C(C)=C1C2(C)C. The fourth-order valence-electron chi connectivity index (χ4n) is 10.4. The Morgan fingerprint density at radius 2 is 1.50 bits per heavy atom. The highest BCUT2D eigenvalue weighted by Gasteiger charge is 2.78. The van der Waals surface area contributed by atoms with Gasteiger partial charge in [0, 0.05) is 39.4 Å². The van der Waals surface area contributed by atoms with Crippen molar-refractivity contribution in [3.05, 3.63) is 82.9 Å². The number of esters is 3. The lowest BCUT2D eigenvalue weighted by Crippen LogP contribution is -2.82. The maximum absolute atomic E-state index is 16.1. The Balaban J connectivity index is 1.56.